The van der Waals surface area contributed by atoms with Crippen LogP contribution in [0.25, 0.3) is 0 Å². The highest BCUT2D eigenvalue weighted by Gasteiger charge is 2.01. The average molecular weight is 194 g/mol. The lowest BCUT2D eigenvalue weighted by Crippen LogP contribution is -1.89. The van der Waals surface area contributed by atoms with Crippen molar-refractivity contribution in [1.29, 1.82) is 0 Å². The molecule has 0 aliphatic carbocycles. The van der Waals surface area contributed by atoms with Crippen molar-refractivity contribution >= 4 is 12.6 Å². The largest absolute Gasteiger partial charge is 0.206 e. The van der Waals surface area contributed by atoms with Crippen molar-refractivity contribution in [2.24, 2.45) is 0 Å². The number of aryl methyl sites for hydroxylation is 2. The number of benzene rings is 1. The van der Waals surface area contributed by atoms with Crippen LogP contribution >= 0.6 is 12.6 Å². The van der Waals surface area contributed by atoms with Crippen LogP contribution in [0.2, 0.25) is 0 Å². The van der Waals surface area contributed by atoms with Crippen LogP contribution in [0.3, 0.4) is 0 Å². The molecule has 0 heterocycles. The molecule has 13 heavy (non-hydrogen) atoms. The number of rotatable bonds is 0. The fourth-order valence-electron chi connectivity index (χ4n) is 1.16. The van der Waals surface area contributed by atoms with E-state index in [-0.39, 0.29) is 5.82 Å². The molecule has 1 rings (SSSR count). The van der Waals surface area contributed by atoms with Gasteiger partial charge in [0.2, 0.25) is 0 Å². The van der Waals surface area contributed by atoms with Gasteiger partial charge in [0.15, 0.2) is 0 Å². The number of halogens is 1. The smallest absolute Gasteiger partial charge is 0.129 e. The Morgan fingerprint density at radius 1 is 1.31 bits per heavy atom. The Morgan fingerprint density at radius 3 is 2.31 bits per heavy atom. The maximum absolute atomic E-state index is 13.2. The Hall–Kier alpha value is -0.940. The summed E-state index contributed by atoms with van der Waals surface area (Å²) in [4.78, 5) is 0. The third-order valence-corrected chi connectivity index (χ3v) is 1.91. The first-order chi connectivity index (χ1) is 6.15. The summed E-state index contributed by atoms with van der Waals surface area (Å²) in [6.45, 7) is 3.49. The van der Waals surface area contributed by atoms with E-state index in [1.807, 2.05) is 0 Å². The molecule has 0 aromatic heterocycles. The lowest BCUT2D eigenvalue weighted by Gasteiger charge is -2.01. The molecular formula is C11H11FS. The molecule has 0 fully saturated rings. The summed E-state index contributed by atoms with van der Waals surface area (Å²) in [6, 6.07) is 3.50. The van der Waals surface area contributed by atoms with Gasteiger partial charge in [0.05, 0.1) is 5.75 Å². The molecule has 0 aliphatic rings. The number of hydrogen-bond donors (Lipinski definition) is 1. The maximum Gasteiger partial charge on any atom is 0.129 e. The lowest BCUT2D eigenvalue weighted by atomic mass is 10.1. The lowest BCUT2D eigenvalue weighted by molar-refractivity contribution is 0.609. The fraction of sp³-hybridized carbons (Fsp3) is 0.273. The topological polar surface area (TPSA) is 0 Å². The van der Waals surface area contributed by atoms with E-state index >= 15 is 0 Å². The third kappa shape index (κ3) is 2.50. The van der Waals surface area contributed by atoms with Gasteiger partial charge < -0.3 is 0 Å². The highest BCUT2D eigenvalue weighted by molar-refractivity contribution is 7.80. The minimum Gasteiger partial charge on any atom is -0.206 e. The zero-order valence-electron chi connectivity index (χ0n) is 7.69. The molecule has 0 unspecified atom stereocenters. The second-order valence-corrected chi connectivity index (χ2v) is 3.20. The van der Waals surface area contributed by atoms with Crippen LogP contribution in [0.15, 0.2) is 12.1 Å². The van der Waals surface area contributed by atoms with E-state index in [4.69, 9.17) is 0 Å². The van der Waals surface area contributed by atoms with Crippen molar-refractivity contribution in [3.8, 4) is 11.8 Å². The van der Waals surface area contributed by atoms with Gasteiger partial charge in [-0.1, -0.05) is 11.8 Å². The van der Waals surface area contributed by atoms with Gasteiger partial charge in [-0.25, -0.2) is 4.39 Å². The summed E-state index contributed by atoms with van der Waals surface area (Å²) < 4.78 is 13.2. The summed E-state index contributed by atoms with van der Waals surface area (Å²) in [7, 11) is 0. The quantitative estimate of drug-likeness (QED) is 0.476. The third-order valence-electron chi connectivity index (χ3n) is 1.75. The van der Waals surface area contributed by atoms with Gasteiger partial charge in [-0.05, 0) is 37.1 Å². The number of hydrogen-bond acceptors (Lipinski definition) is 1. The standard InChI is InChI=1S/C11H11FS/c1-8-6-10(4-3-5-13)7-9(2)11(8)12/h6-7,13H,5H2,1-2H3. The van der Waals surface area contributed by atoms with Crippen molar-refractivity contribution in [2.45, 2.75) is 13.8 Å². The normalized spacial score (nSPS) is 9.23. The van der Waals surface area contributed by atoms with Crippen molar-refractivity contribution in [3.05, 3.63) is 34.6 Å². The van der Waals surface area contributed by atoms with Gasteiger partial charge in [0.25, 0.3) is 0 Å². The molecular weight excluding hydrogens is 183 g/mol. The molecule has 0 aliphatic heterocycles. The molecule has 0 bridgehead atoms. The molecule has 68 valence electrons. The minimum atomic E-state index is -0.142. The van der Waals surface area contributed by atoms with E-state index in [0.29, 0.717) is 16.9 Å². The molecule has 0 amide bonds. The van der Waals surface area contributed by atoms with Crippen LogP contribution < -0.4 is 0 Å². The maximum atomic E-state index is 13.2. The summed E-state index contributed by atoms with van der Waals surface area (Å²) in [5.41, 5.74) is 2.14. The Bertz CT molecular complexity index is 348. The monoisotopic (exact) mass is 194 g/mol. The SMILES string of the molecule is Cc1cc(C#CCS)cc(C)c1F. The molecule has 0 saturated carbocycles. The second kappa shape index (κ2) is 4.34. The van der Waals surface area contributed by atoms with Gasteiger partial charge in [0, 0.05) is 5.56 Å². The molecule has 0 atom stereocenters. The van der Waals surface area contributed by atoms with Crippen molar-refractivity contribution in [3.63, 3.8) is 0 Å². The first-order valence-electron chi connectivity index (χ1n) is 4.01. The van der Waals surface area contributed by atoms with Crippen LogP contribution in [0.5, 0.6) is 0 Å². The molecule has 0 nitrogen and oxygen atoms in total. The van der Waals surface area contributed by atoms with E-state index in [1.165, 1.54) is 0 Å². The summed E-state index contributed by atoms with van der Waals surface area (Å²) in [5.74, 6) is 6.12. The summed E-state index contributed by atoms with van der Waals surface area (Å²) in [6.07, 6.45) is 0. The Kier molecular flexibility index (Phi) is 3.39. The highest BCUT2D eigenvalue weighted by Crippen LogP contribution is 2.13. The first kappa shape index (κ1) is 10.1. The first-order valence-corrected chi connectivity index (χ1v) is 4.65. The predicted octanol–water partition coefficient (Wildman–Crippen LogP) is 2.72. The zero-order chi connectivity index (χ0) is 9.84. The fourth-order valence-corrected chi connectivity index (χ4v) is 1.24. The van der Waals surface area contributed by atoms with Crippen molar-refractivity contribution in [2.75, 3.05) is 5.75 Å². The van der Waals surface area contributed by atoms with E-state index < -0.39 is 0 Å². The number of thiol groups is 1. The van der Waals surface area contributed by atoms with Gasteiger partial charge in [-0.2, -0.15) is 12.6 Å². The minimum absolute atomic E-state index is 0.142. The summed E-state index contributed by atoms with van der Waals surface area (Å²) >= 11 is 3.98. The molecule has 0 N–H and O–H groups in total. The highest BCUT2D eigenvalue weighted by atomic mass is 32.1. The Morgan fingerprint density at radius 2 is 1.85 bits per heavy atom. The van der Waals surface area contributed by atoms with Crippen LogP contribution in [-0.2, 0) is 0 Å². The van der Waals surface area contributed by atoms with Gasteiger partial charge in [0.1, 0.15) is 5.82 Å². The van der Waals surface area contributed by atoms with E-state index in [9.17, 15) is 4.39 Å². The molecule has 0 radical (unpaired) electrons. The zero-order valence-corrected chi connectivity index (χ0v) is 8.58. The van der Waals surface area contributed by atoms with Crippen molar-refractivity contribution in [1.82, 2.24) is 0 Å². The second-order valence-electron chi connectivity index (χ2n) is 2.88. The van der Waals surface area contributed by atoms with E-state index in [2.05, 4.69) is 24.5 Å². The Labute approximate surface area is 83.6 Å². The molecule has 0 saturated heterocycles. The van der Waals surface area contributed by atoms with Crippen LogP contribution in [0.4, 0.5) is 4.39 Å². The van der Waals surface area contributed by atoms with Crippen LogP contribution in [0, 0.1) is 31.5 Å². The van der Waals surface area contributed by atoms with Crippen LogP contribution in [0.1, 0.15) is 16.7 Å². The van der Waals surface area contributed by atoms with E-state index in [1.54, 1.807) is 26.0 Å². The van der Waals surface area contributed by atoms with Gasteiger partial charge >= 0.3 is 0 Å². The molecule has 0 spiro atoms. The Balaban J connectivity index is 3.13. The molecule has 1 aromatic carbocycles. The predicted molar refractivity (Wildman–Crippen MR) is 56.6 cm³/mol. The van der Waals surface area contributed by atoms with Crippen molar-refractivity contribution < 1.29 is 4.39 Å². The van der Waals surface area contributed by atoms with Gasteiger partial charge in [-0.15, -0.1) is 0 Å². The van der Waals surface area contributed by atoms with Gasteiger partial charge in [-0.3, -0.25) is 0 Å². The summed E-state index contributed by atoms with van der Waals surface area (Å²) in [5, 5.41) is 0. The average Bonchev–Trinajstić information content (AvgIpc) is 2.10. The molecule has 2 heteroatoms. The van der Waals surface area contributed by atoms with Crippen LogP contribution in [-0.4, -0.2) is 5.75 Å². The molecule has 1 aromatic rings. The van der Waals surface area contributed by atoms with E-state index in [0.717, 1.165) is 5.56 Å².